The molecule has 2 heterocycles. The van der Waals surface area contributed by atoms with E-state index >= 15 is 0 Å². The van der Waals surface area contributed by atoms with E-state index < -0.39 is 0 Å². The number of benzene rings is 2. The van der Waals surface area contributed by atoms with Crippen LogP contribution in [0.25, 0.3) is 11.4 Å². The van der Waals surface area contributed by atoms with Crippen LogP contribution >= 0.6 is 12.6 Å². The van der Waals surface area contributed by atoms with Gasteiger partial charge in [-0.05, 0) is 48.9 Å². The van der Waals surface area contributed by atoms with Crippen molar-refractivity contribution in [2.24, 2.45) is 0 Å². The monoisotopic (exact) mass is 464 g/mol. The Kier molecular flexibility index (Phi) is 7.00. The molecule has 0 aliphatic carbocycles. The number of nitrogen functional groups attached to an aromatic ring is 1. The third kappa shape index (κ3) is 5.37. The lowest BCUT2D eigenvalue weighted by atomic mass is 10.1. The Morgan fingerprint density at radius 3 is 2.58 bits per heavy atom. The van der Waals surface area contributed by atoms with E-state index in [0.717, 1.165) is 29.2 Å². The van der Waals surface area contributed by atoms with E-state index in [1.807, 2.05) is 54.6 Å². The first kappa shape index (κ1) is 22.9. The van der Waals surface area contributed by atoms with Gasteiger partial charge >= 0.3 is 6.03 Å². The first-order valence-electron chi connectivity index (χ1n) is 10.8. The van der Waals surface area contributed by atoms with Crippen molar-refractivity contribution in [3.8, 4) is 11.4 Å². The molecule has 4 rings (SSSR count). The molecule has 1 aliphatic heterocycles. The average molecular weight is 465 g/mol. The van der Waals surface area contributed by atoms with E-state index in [1.54, 1.807) is 7.05 Å². The van der Waals surface area contributed by atoms with Crippen LogP contribution in [0.2, 0.25) is 0 Å². The Bertz CT molecular complexity index is 1110. The molecule has 0 radical (unpaired) electrons. The fourth-order valence-corrected chi connectivity index (χ4v) is 3.99. The lowest BCUT2D eigenvalue weighted by Gasteiger charge is -2.34. The zero-order valence-corrected chi connectivity index (χ0v) is 19.5. The molecule has 1 aromatic heterocycles. The third-order valence-electron chi connectivity index (χ3n) is 5.55. The molecule has 2 amide bonds. The van der Waals surface area contributed by atoms with Gasteiger partial charge in [0, 0.05) is 36.6 Å². The van der Waals surface area contributed by atoms with E-state index in [2.05, 4.69) is 22.5 Å². The number of nitrogens with two attached hydrogens (primary N) is 1. The van der Waals surface area contributed by atoms with Gasteiger partial charge in [-0.15, -0.1) is 0 Å². The maximum atomic E-state index is 11.6. The number of rotatable bonds is 5. The summed E-state index contributed by atoms with van der Waals surface area (Å²) in [5.74, 6) is 1.44. The van der Waals surface area contributed by atoms with Crippen LogP contribution in [-0.2, 0) is 4.74 Å². The number of aromatic nitrogens is 2. The van der Waals surface area contributed by atoms with Crippen LogP contribution < -0.4 is 21.3 Å². The Balaban J connectivity index is 1.72. The van der Waals surface area contributed by atoms with E-state index in [0.29, 0.717) is 30.4 Å². The van der Waals surface area contributed by atoms with E-state index in [9.17, 15) is 4.79 Å². The first-order valence-corrected chi connectivity index (χ1v) is 11.3. The van der Waals surface area contributed by atoms with E-state index in [-0.39, 0.29) is 17.3 Å². The molecule has 0 saturated carbocycles. The molecule has 0 spiro atoms. The lowest BCUT2D eigenvalue weighted by Crippen LogP contribution is -2.44. The molecule has 1 aliphatic rings. The number of thiol groups is 1. The molecular formula is C24H28N6O2S. The normalized spacial score (nSPS) is 16.8. The highest BCUT2D eigenvalue weighted by Crippen LogP contribution is 2.32. The van der Waals surface area contributed by atoms with Gasteiger partial charge in [0.15, 0.2) is 5.82 Å². The minimum absolute atomic E-state index is 0.198. The first-order chi connectivity index (χ1) is 15.9. The number of morpholine rings is 1. The van der Waals surface area contributed by atoms with Gasteiger partial charge < -0.3 is 26.0 Å². The minimum atomic E-state index is -0.272. The standard InChI is InChI=1S/C24H28N6O2S/c1-15-14-32-12-11-30(15)21-13-20(22(33)16-3-7-18(25)8-4-16)28-23(29-21)17-5-9-19(10-6-17)27-24(31)26-2/h3-10,13,15,22,33H,11-12,14,25H2,1-2H3,(H2,26,27,31)/t15-,22?/m0/s1. The fraction of sp³-hybridized carbons (Fsp3) is 0.292. The Hall–Kier alpha value is -3.30. The SMILES string of the molecule is CNC(=O)Nc1ccc(-c2nc(C(S)c3ccc(N)cc3)cc(N3CCOC[C@@H]3C)n2)cc1. The maximum absolute atomic E-state index is 11.6. The number of amides is 2. The number of hydrogen-bond donors (Lipinski definition) is 4. The summed E-state index contributed by atoms with van der Waals surface area (Å²) in [6, 6.07) is 17.0. The number of urea groups is 1. The molecule has 2 atom stereocenters. The molecule has 9 heteroatoms. The summed E-state index contributed by atoms with van der Waals surface area (Å²) < 4.78 is 5.61. The summed E-state index contributed by atoms with van der Waals surface area (Å²) in [5, 5.41) is 5.06. The van der Waals surface area contributed by atoms with E-state index in [1.165, 1.54) is 0 Å². The summed E-state index contributed by atoms with van der Waals surface area (Å²) in [6.07, 6.45) is 0. The molecule has 33 heavy (non-hydrogen) atoms. The van der Waals surface area contributed by atoms with Crippen LogP contribution in [0.3, 0.4) is 0 Å². The van der Waals surface area contributed by atoms with Crippen molar-refractivity contribution in [1.82, 2.24) is 15.3 Å². The number of ether oxygens (including phenoxy) is 1. The molecule has 2 aromatic carbocycles. The second-order valence-electron chi connectivity index (χ2n) is 7.94. The highest BCUT2D eigenvalue weighted by molar-refractivity contribution is 7.80. The quantitative estimate of drug-likeness (QED) is 0.339. The Labute approximate surface area is 199 Å². The van der Waals surface area contributed by atoms with Crippen molar-refractivity contribution in [2.45, 2.75) is 18.2 Å². The zero-order chi connectivity index (χ0) is 23.4. The zero-order valence-electron chi connectivity index (χ0n) is 18.7. The minimum Gasteiger partial charge on any atom is -0.399 e. The molecule has 1 saturated heterocycles. The third-order valence-corrected chi connectivity index (χ3v) is 6.12. The van der Waals surface area contributed by atoms with Crippen molar-refractivity contribution in [3.05, 3.63) is 65.9 Å². The van der Waals surface area contributed by atoms with Crippen molar-refractivity contribution in [2.75, 3.05) is 42.8 Å². The van der Waals surface area contributed by atoms with Gasteiger partial charge in [0.05, 0.1) is 30.2 Å². The number of nitrogens with zero attached hydrogens (tertiary/aromatic N) is 3. The summed E-state index contributed by atoms with van der Waals surface area (Å²) >= 11 is 4.87. The second kappa shape index (κ2) is 10.1. The van der Waals surface area contributed by atoms with Crippen molar-refractivity contribution >= 4 is 35.9 Å². The molecule has 8 nitrogen and oxygen atoms in total. The summed E-state index contributed by atoms with van der Waals surface area (Å²) in [7, 11) is 1.58. The largest absolute Gasteiger partial charge is 0.399 e. The van der Waals surface area contributed by atoms with Gasteiger partial charge in [0.2, 0.25) is 0 Å². The van der Waals surface area contributed by atoms with Gasteiger partial charge in [-0.1, -0.05) is 12.1 Å². The van der Waals surface area contributed by atoms with Crippen LogP contribution in [0.1, 0.15) is 23.4 Å². The van der Waals surface area contributed by atoms with Crippen molar-refractivity contribution in [3.63, 3.8) is 0 Å². The molecule has 1 unspecified atom stereocenters. The van der Waals surface area contributed by atoms with Crippen LogP contribution in [0.5, 0.6) is 0 Å². The topological polar surface area (TPSA) is 105 Å². The number of carbonyl (C=O) groups excluding carboxylic acids is 1. The van der Waals surface area contributed by atoms with Crippen LogP contribution in [0, 0.1) is 0 Å². The van der Waals surface area contributed by atoms with Gasteiger partial charge in [0.1, 0.15) is 5.82 Å². The summed E-state index contributed by atoms with van der Waals surface area (Å²) in [5.41, 5.74) is 9.89. The van der Waals surface area contributed by atoms with Gasteiger partial charge in [-0.2, -0.15) is 12.6 Å². The highest BCUT2D eigenvalue weighted by Gasteiger charge is 2.23. The molecular weight excluding hydrogens is 436 g/mol. The highest BCUT2D eigenvalue weighted by atomic mass is 32.1. The fourth-order valence-electron chi connectivity index (χ4n) is 3.68. The predicted molar refractivity (Wildman–Crippen MR) is 135 cm³/mol. The van der Waals surface area contributed by atoms with Gasteiger partial charge in [-0.25, -0.2) is 14.8 Å². The number of hydrogen-bond acceptors (Lipinski definition) is 7. The van der Waals surface area contributed by atoms with Gasteiger partial charge in [0.25, 0.3) is 0 Å². The number of nitrogens with one attached hydrogen (secondary N) is 2. The van der Waals surface area contributed by atoms with Crippen LogP contribution in [0.4, 0.5) is 22.0 Å². The molecule has 3 aromatic rings. The van der Waals surface area contributed by atoms with E-state index in [4.69, 9.17) is 33.1 Å². The van der Waals surface area contributed by atoms with Crippen LogP contribution in [0.15, 0.2) is 54.6 Å². The Morgan fingerprint density at radius 1 is 1.18 bits per heavy atom. The summed E-state index contributed by atoms with van der Waals surface area (Å²) in [6.45, 7) is 4.18. The Morgan fingerprint density at radius 2 is 1.91 bits per heavy atom. The molecule has 172 valence electrons. The van der Waals surface area contributed by atoms with Crippen molar-refractivity contribution < 1.29 is 9.53 Å². The predicted octanol–water partition coefficient (Wildman–Crippen LogP) is 3.72. The lowest BCUT2D eigenvalue weighted by molar-refractivity contribution is 0.0985. The average Bonchev–Trinajstić information content (AvgIpc) is 2.84. The van der Waals surface area contributed by atoms with Crippen LogP contribution in [-0.4, -0.2) is 48.8 Å². The maximum Gasteiger partial charge on any atom is 0.318 e. The molecule has 4 N–H and O–H groups in total. The van der Waals surface area contributed by atoms with Crippen molar-refractivity contribution in [1.29, 1.82) is 0 Å². The smallest absolute Gasteiger partial charge is 0.318 e. The number of carbonyl (C=O) groups is 1. The number of anilines is 3. The van der Waals surface area contributed by atoms with Gasteiger partial charge in [-0.3, -0.25) is 0 Å². The summed E-state index contributed by atoms with van der Waals surface area (Å²) in [4.78, 5) is 23.6. The molecule has 1 fully saturated rings. The second-order valence-corrected chi connectivity index (χ2v) is 8.46. The molecule has 0 bridgehead atoms.